The Hall–Kier alpha value is 0.439. The Morgan fingerprint density at radius 3 is 0.696 bits per heavy atom. The van der Waals surface area contributed by atoms with Gasteiger partial charge in [-0.1, -0.05) is 55.4 Å². The van der Waals surface area contributed by atoms with Crippen molar-refractivity contribution in [2.75, 3.05) is 13.2 Å². The van der Waals surface area contributed by atoms with Gasteiger partial charge in [0.2, 0.25) is 0 Å². The molecule has 0 aromatic carbocycles. The molecule has 2 N–H and O–H groups in total. The molecule has 0 atom stereocenters. The van der Waals surface area contributed by atoms with Crippen LogP contribution in [-0.2, 0) is 17.1 Å². The van der Waals surface area contributed by atoms with Crippen LogP contribution in [0.25, 0.3) is 0 Å². The summed E-state index contributed by atoms with van der Waals surface area (Å²) < 4.78 is 0. The minimum absolute atomic E-state index is 0. The molecule has 2 nitrogen and oxygen atoms in total. The molecule has 2 fully saturated rings. The third-order valence-electron chi connectivity index (χ3n) is 5.50. The average Bonchev–Trinajstić information content (AvgIpc) is 2.81. The summed E-state index contributed by atoms with van der Waals surface area (Å²) in [6, 6.07) is 0. The molecule has 0 heterocycles. The number of aliphatic hydroxyl groups excluding tert-OH is 2. The first-order chi connectivity index (χ1) is 10.2. The molecule has 0 spiro atoms. The first kappa shape index (κ1) is 23.4. The van der Waals surface area contributed by atoms with Crippen molar-refractivity contribution in [3.8, 4) is 0 Å². The Labute approximate surface area is 155 Å². The van der Waals surface area contributed by atoms with Crippen LogP contribution in [0.5, 0.6) is 0 Å². The van der Waals surface area contributed by atoms with E-state index in [0.717, 1.165) is 11.8 Å². The molecule has 2 saturated carbocycles. The zero-order valence-electron chi connectivity index (χ0n) is 15.7. The second-order valence-electron chi connectivity index (χ2n) is 6.27. The third kappa shape index (κ3) is 4.75. The predicted octanol–water partition coefficient (Wildman–Crippen LogP) is 3.89. The van der Waals surface area contributed by atoms with Crippen molar-refractivity contribution < 1.29 is 27.3 Å². The van der Waals surface area contributed by atoms with E-state index in [1.54, 1.807) is 0 Å². The van der Waals surface area contributed by atoms with E-state index in [2.05, 4.69) is 55.4 Å². The minimum atomic E-state index is 0. The Morgan fingerprint density at radius 1 is 0.435 bits per heavy atom. The fraction of sp³-hybridized carbons (Fsp3) is 0.500. The van der Waals surface area contributed by atoms with E-state index in [0.29, 0.717) is 0 Å². The number of hydrogen-bond acceptors (Lipinski definition) is 2. The maximum absolute atomic E-state index is 9.04. The Bertz CT molecular complexity index is 276. The number of hydrogen-bond donors (Lipinski definition) is 2. The van der Waals surface area contributed by atoms with Crippen molar-refractivity contribution in [1.29, 1.82) is 0 Å². The second-order valence-corrected chi connectivity index (χ2v) is 6.27. The van der Waals surface area contributed by atoms with Crippen molar-refractivity contribution in [2.45, 2.75) is 55.4 Å². The zero-order valence-corrected chi connectivity index (χ0v) is 16.8. The molecule has 130 valence electrons. The smallest absolute Gasteiger partial charge is 0.0505 e. The summed E-state index contributed by atoms with van der Waals surface area (Å²) in [5.74, 6) is 12.5. The molecule has 23 heavy (non-hydrogen) atoms. The molecular weight excluding hydrogens is 328 g/mol. The summed E-state index contributed by atoms with van der Waals surface area (Å²) in [5.41, 5.74) is 0. The van der Waals surface area contributed by atoms with E-state index >= 15 is 0 Å². The van der Waals surface area contributed by atoms with Crippen molar-refractivity contribution in [3.63, 3.8) is 0 Å². The van der Waals surface area contributed by atoms with Crippen LogP contribution in [0, 0.1) is 59.2 Å². The summed E-state index contributed by atoms with van der Waals surface area (Å²) in [6.07, 6.45) is 0. The van der Waals surface area contributed by atoms with Crippen LogP contribution in [0.1, 0.15) is 55.4 Å². The van der Waals surface area contributed by atoms with Crippen LogP contribution in [0.4, 0.5) is 0 Å². The van der Waals surface area contributed by atoms with Gasteiger partial charge in [-0.25, -0.2) is 0 Å². The average molecular weight is 358 g/mol. The Kier molecular flexibility index (Phi) is 9.99. The molecular formula is C20H30FeO2. The summed E-state index contributed by atoms with van der Waals surface area (Å²) >= 11 is 0. The van der Waals surface area contributed by atoms with Crippen LogP contribution in [0.15, 0.2) is 0 Å². The first-order valence-electron chi connectivity index (χ1n) is 7.84. The standard InChI is InChI=1S/2C10H15O.Fe/c2*1-6-7(2)9(4)10(5-11)8(6)3;/h2*11H,5H2,1-4H3;. The molecule has 3 heteroatoms. The van der Waals surface area contributed by atoms with E-state index in [9.17, 15) is 0 Å². The van der Waals surface area contributed by atoms with Gasteiger partial charge in [0, 0.05) is 28.9 Å². The molecule has 0 aromatic heterocycles. The number of aliphatic hydroxyl groups is 2. The van der Waals surface area contributed by atoms with Crippen LogP contribution >= 0.6 is 0 Å². The quantitative estimate of drug-likeness (QED) is 0.736. The van der Waals surface area contributed by atoms with Gasteiger partial charge >= 0.3 is 0 Å². The molecule has 0 saturated heterocycles. The fourth-order valence-corrected chi connectivity index (χ4v) is 3.07. The molecule has 2 aliphatic rings. The van der Waals surface area contributed by atoms with E-state index in [1.165, 1.54) is 47.3 Å². The summed E-state index contributed by atoms with van der Waals surface area (Å²) in [4.78, 5) is 0. The van der Waals surface area contributed by atoms with Gasteiger partial charge in [0.05, 0.1) is 13.2 Å². The van der Waals surface area contributed by atoms with Crippen molar-refractivity contribution in [3.05, 3.63) is 59.2 Å². The molecule has 0 unspecified atom stereocenters. The van der Waals surface area contributed by atoms with E-state index in [-0.39, 0.29) is 30.3 Å². The van der Waals surface area contributed by atoms with Gasteiger partial charge in [0.15, 0.2) is 0 Å². The normalized spacial score (nSPS) is 25.8. The van der Waals surface area contributed by atoms with Crippen LogP contribution < -0.4 is 0 Å². The van der Waals surface area contributed by atoms with Crippen LogP contribution in [0.2, 0.25) is 0 Å². The van der Waals surface area contributed by atoms with Gasteiger partial charge in [0.1, 0.15) is 0 Å². The van der Waals surface area contributed by atoms with Gasteiger partial charge in [0.25, 0.3) is 0 Å². The Morgan fingerprint density at radius 2 is 0.609 bits per heavy atom. The summed E-state index contributed by atoms with van der Waals surface area (Å²) in [6.45, 7) is 17.1. The molecule has 0 aromatic rings. The minimum Gasteiger partial charge on any atom is -0.396 e. The van der Waals surface area contributed by atoms with Gasteiger partial charge in [-0.05, 0) is 47.3 Å². The molecule has 2 aliphatic carbocycles. The Balaban J connectivity index is 0.000000403. The van der Waals surface area contributed by atoms with E-state index < -0.39 is 0 Å². The van der Waals surface area contributed by atoms with Gasteiger partial charge in [-0.3, -0.25) is 0 Å². The maximum Gasteiger partial charge on any atom is 0.0505 e. The van der Waals surface area contributed by atoms with Gasteiger partial charge in [-0.2, -0.15) is 0 Å². The third-order valence-corrected chi connectivity index (χ3v) is 5.50. The molecule has 0 bridgehead atoms. The van der Waals surface area contributed by atoms with Gasteiger partial charge < -0.3 is 10.2 Å². The van der Waals surface area contributed by atoms with E-state index in [1.807, 2.05) is 0 Å². The van der Waals surface area contributed by atoms with Crippen molar-refractivity contribution >= 4 is 0 Å². The summed E-state index contributed by atoms with van der Waals surface area (Å²) in [5, 5.41) is 18.1. The van der Waals surface area contributed by atoms with Gasteiger partial charge in [-0.15, -0.1) is 0 Å². The SMILES string of the molecule is C[C]1[C](C)[C](C)[C](CO)[C]1C.C[C]1[C](C)[C](C)[C](CO)[C]1C.[Fe]. The maximum atomic E-state index is 9.04. The largest absolute Gasteiger partial charge is 0.396 e. The zero-order chi connectivity index (χ0) is 17.2. The monoisotopic (exact) mass is 358 g/mol. The fourth-order valence-electron chi connectivity index (χ4n) is 3.07. The topological polar surface area (TPSA) is 40.5 Å². The van der Waals surface area contributed by atoms with Crippen molar-refractivity contribution in [2.24, 2.45) is 0 Å². The molecule has 0 aliphatic heterocycles. The van der Waals surface area contributed by atoms with Crippen LogP contribution in [-0.4, -0.2) is 23.4 Å². The van der Waals surface area contributed by atoms with Crippen molar-refractivity contribution in [1.82, 2.24) is 0 Å². The predicted molar refractivity (Wildman–Crippen MR) is 92.0 cm³/mol. The first-order valence-corrected chi connectivity index (χ1v) is 7.84. The second kappa shape index (κ2) is 9.80. The number of rotatable bonds is 2. The molecule has 0 amide bonds. The summed E-state index contributed by atoms with van der Waals surface area (Å²) in [7, 11) is 0. The molecule has 10 radical (unpaired) electrons. The van der Waals surface area contributed by atoms with E-state index in [4.69, 9.17) is 10.2 Å². The molecule has 2 rings (SSSR count). The van der Waals surface area contributed by atoms with Crippen LogP contribution in [0.3, 0.4) is 0 Å².